The van der Waals surface area contributed by atoms with Gasteiger partial charge in [-0.1, -0.05) is 25.4 Å². The Morgan fingerprint density at radius 2 is 2.05 bits per heavy atom. The van der Waals surface area contributed by atoms with E-state index < -0.39 is 23.8 Å². The molecule has 0 radical (unpaired) electrons. The third-order valence-corrected chi connectivity index (χ3v) is 3.07. The zero-order valence-electron chi connectivity index (χ0n) is 12.3. The predicted octanol–water partition coefficient (Wildman–Crippen LogP) is 1.08. The molecular formula is C14H18ClN3O4. The SMILES string of the molecule is CC(C)C[C@H](NC(=O)CNC(=O)c1ccncc1Cl)C(=O)O. The van der Waals surface area contributed by atoms with Crippen LogP contribution < -0.4 is 10.6 Å². The lowest BCUT2D eigenvalue weighted by molar-refractivity contribution is -0.142. The van der Waals surface area contributed by atoms with Crippen LogP contribution in [-0.2, 0) is 9.59 Å². The summed E-state index contributed by atoms with van der Waals surface area (Å²) in [7, 11) is 0. The summed E-state index contributed by atoms with van der Waals surface area (Å²) < 4.78 is 0. The number of carboxylic acids is 1. The first kappa shape index (κ1) is 17.9. The monoisotopic (exact) mass is 327 g/mol. The van der Waals surface area contributed by atoms with Crippen molar-refractivity contribution in [2.24, 2.45) is 5.92 Å². The molecule has 0 aliphatic heterocycles. The second-order valence-corrected chi connectivity index (χ2v) is 5.53. The molecule has 2 amide bonds. The number of hydrogen-bond acceptors (Lipinski definition) is 4. The number of nitrogens with zero attached hydrogens (tertiary/aromatic N) is 1. The fourth-order valence-corrected chi connectivity index (χ4v) is 1.96. The van der Waals surface area contributed by atoms with E-state index in [1.165, 1.54) is 18.5 Å². The number of carbonyl (C=O) groups is 3. The average molecular weight is 328 g/mol. The van der Waals surface area contributed by atoms with E-state index in [9.17, 15) is 14.4 Å². The highest BCUT2D eigenvalue weighted by Crippen LogP contribution is 2.12. The lowest BCUT2D eigenvalue weighted by Crippen LogP contribution is -2.46. The summed E-state index contributed by atoms with van der Waals surface area (Å²) >= 11 is 5.82. The van der Waals surface area contributed by atoms with Crippen LogP contribution >= 0.6 is 11.6 Å². The van der Waals surface area contributed by atoms with Crippen molar-refractivity contribution < 1.29 is 19.5 Å². The first-order chi connectivity index (χ1) is 10.3. The topological polar surface area (TPSA) is 108 Å². The quantitative estimate of drug-likeness (QED) is 0.694. The van der Waals surface area contributed by atoms with Crippen molar-refractivity contribution in [1.29, 1.82) is 0 Å². The van der Waals surface area contributed by atoms with Gasteiger partial charge in [0.05, 0.1) is 17.1 Å². The van der Waals surface area contributed by atoms with Crippen molar-refractivity contribution in [2.45, 2.75) is 26.3 Å². The van der Waals surface area contributed by atoms with E-state index in [0.717, 1.165) is 0 Å². The molecule has 0 unspecified atom stereocenters. The molecule has 8 heteroatoms. The Hall–Kier alpha value is -2.15. The van der Waals surface area contributed by atoms with Gasteiger partial charge < -0.3 is 15.7 Å². The van der Waals surface area contributed by atoms with E-state index in [1.807, 2.05) is 13.8 Å². The smallest absolute Gasteiger partial charge is 0.326 e. The molecule has 0 aliphatic carbocycles. The summed E-state index contributed by atoms with van der Waals surface area (Å²) in [6.45, 7) is 3.38. The zero-order chi connectivity index (χ0) is 16.7. The van der Waals surface area contributed by atoms with E-state index in [-0.39, 0.29) is 23.0 Å². The van der Waals surface area contributed by atoms with E-state index in [4.69, 9.17) is 16.7 Å². The largest absolute Gasteiger partial charge is 0.480 e. The molecule has 1 atom stereocenters. The number of hydrogen-bond donors (Lipinski definition) is 3. The minimum atomic E-state index is -1.11. The number of carbonyl (C=O) groups excluding carboxylic acids is 2. The Morgan fingerprint density at radius 3 is 2.59 bits per heavy atom. The highest BCUT2D eigenvalue weighted by Gasteiger charge is 2.21. The number of pyridine rings is 1. The summed E-state index contributed by atoms with van der Waals surface area (Å²) in [5, 5.41) is 14.0. The Labute approximate surface area is 133 Å². The molecule has 3 N–H and O–H groups in total. The molecule has 1 rings (SSSR count). The molecule has 0 bridgehead atoms. The van der Waals surface area contributed by atoms with Crippen LogP contribution in [0.2, 0.25) is 5.02 Å². The minimum Gasteiger partial charge on any atom is -0.480 e. The van der Waals surface area contributed by atoms with Gasteiger partial charge >= 0.3 is 5.97 Å². The van der Waals surface area contributed by atoms with E-state index in [0.29, 0.717) is 6.42 Å². The van der Waals surface area contributed by atoms with Crippen molar-refractivity contribution in [3.63, 3.8) is 0 Å². The molecular weight excluding hydrogens is 310 g/mol. The molecule has 1 heterocycles. The number of carboxylic acid groups (broad SMARTS) is 1. The predicted molar refractivity (Wildman–Crippen MR) is 80.6 cm³/mol. The highest BCUT2D eigenvalue weighted by molar-refractivity contribution is 6.33. The fourth-order valence-electron chi connectivity index (χ4n) is 1.75. The molecule has 1 aromatic rings. The first-order valence-electron chi connectivity index (χ1n) is 6.71. The van der Waals surface area contributed by atoms with Gasteiger partial charge in [-0.15, -0.1) is 0 Å². The third kappa shape index (κ3) is 5.69. The standard InChI is InChI=1S/C14H18ClN3O4/c1-8(2)5-11(14(21)22)18-12(19)7-17-13(20)9-3-4-16-6-10(9)15/h3-4,6,8,11H,5,7H2,1-2H3,(H,17,20)(H,18,19)(H,21,22)/t11-/m0/s1. The van der Waals surface area contributed by atoms with Crippen LogP contribution in [0.4, 0.5) is 0 Å². The summed E-state index contributed by atoms with van der Waals surface area (Å²) in [6.07, 6.45) is 3.04. The number of nitrogens with one attached hydrogen (secondary N) is 2. The maximum Gasteiger partial charge on any atom is 0.326 e. The zero-order valence-corrected chi connectivity index (χ0v) is 13.1. The van der Waals surface area contributed by atoms with Crippen LogP contribution in [0.1, 0.15) is 30.6 Å². The molecule has 120 valence electrons. The van der Waals surface area contributed by atoms with Crippen LogP contribution in [-0.4, -0.2) is 40.5 Å². The second-order valence-electron chi connectivity index (χ2n) is 5.13. The molecule has 0 spiro atoms. The van der Waals surface area contributed by atoms with Crippen molar-refractivity contribution in [3.05, 3.63) is 29.0 Å². The van der Waals surface area contributed by atoms with E-state index >= 15 is 0 Å². The van der Waals surface area contributed by atoms with Gasteiger partial charge in [-0.3, -0.25) is 14.6 Å². The van der Waals surface area contributed by atoms with Gasteiger partial charge in [-0.25, -0.2) is 4.79 Å². The molecule has 0 saturated carbocycles. The van der Waals surface area contributed by atoms with Crippen LogP contribution in [0.5, 0.6) is 0 Å². The van der Waals surface area contributed by atoms with Gasteiger partial charge in [0.25, 0.3) is 5.91 Å². The molecule has 1 aromatic heterocycles. The van der Waals surface area contributed by atoms with E-state index in [2.05, 4.69) is 15.6 Å². The Kier molecular flexibility index (Phi) is 6.78. The molecule has 0 aliphatic rings. The van der Waals surface area contributed by atoms with Crippen LogP contribution in [0.25, 0.3) is 0 Å². The maximum absolute atomic E-state index is 11.8. The molecule has 0 fully saturated rings. The van der Waals surface area contributed by atoms with Crippen LogP contribution in [0, 0.1) is 5.92 Å². The summed E-state index contributed by atoms with van der Waals surface area (Å²) in [5.41, 5.74) is 0.196. The lowest BCUT2D eigenvalue weighted by atomic mass is 10.0. The second kappa shape index (κ2) is 8.33. The Morgan fingerprint density at radius 1 is 1.36 bits per heavy atom. The molecule has 7 nitrogen and oxygen atoms in total. The van der Waals surface area contributed by atoms with Crippen LogP contribution in [0.15, 0.2) is 18.5 Å². The number of amides is 2. The molecule has 0 saturated heterocycles. The van der Waals surface area contributed by atoms with Crippen molar-refractivity contribution in [1.82, 2.24) is 15.6 Å². The summed E-state index contributed by atoms with van der Waals surface area (Å²) in [5.74, 6) is -2.10. The minimum absolute atomic E-state index is 0.117. The molecule has 22 heavy (non-hydrogen) atoms. The van der Waals surface area contributed by atoms with Crippen molar-refractivity contribution in [3.8, 4) is 0 Å². The number of aliphatic carboxylic acids is 1. The fraction of sp³-hybridized carbons (Fsp3) is 0.429. The summed E-state index contributed by atoms with van der Waals surface area (Å²) in [6, 6.07) is 0.447. The van der Waals surface area contributed by atoms with Gasteiger partial charge in [-0.05, 0) is 18.4 Å². The van der Waals surface area contributed by atoms with Gasteiger partial charge in [-0.2, -0.15) is 0 Å². The number of aromatic nitrogens is 1. The Bertz CT molecular complexity index is 563. The number of rotatable bonds is 7. The summed E-state index contributed by atoms with van der Waals surface area (Å²) in [4.78, 5) is 38.4. The highest BCUT2D eigenvalue weighted by atomic mass is 35.5. The third-order valence-electron chi connectivity index (χ3n) is 2.77. The van der Waals surface area contributed by atoms with Gasteiger partial charge in [0, 0.05) is 12.4 Å². The maximum atomic E-state index is 11.8. The Balaban J connectivity index is 2.53. The number of halogens is 1. The normalized spacial score (nSPS) is 11.8. The average Bonchev–Trinajstić information content (AvgIpc) is 2.44. The van der Waals surface area contributed by atoms with Crippen molar-refractivity contribution >= 4 is 29.4 Å². The van der Waals surface area contributed by atoms with Crippen LogP contribution in [0.3, 0.4) is 0 Å². The van der Waals surface area contributed by atoms with E-state index in [1.54, 1.807) is 0 Å². The lowest BCUT2D eigenvalue weighted by Gasteiger charge is -2.16. The van der Waals surface area contributed by atoms with Gasteiger partial charge in [0.2, 0.25) is 5.91 Å². The first-order valence-corrected chi connectivity index (χ1v) is 7.09. The van der Waals surface area contributed by atoms with Gasteiger partial charge in [0.15, 0.2) is 0 Å². The van der Waals surface area contributed by atoms with Gasteiger partial charge in [0.1, 0.15) is 6.04 Å². The molecule has 0 aromatic carbocycles. The van der Waals surface area contributed by atoms with Crippen molar-refractivity contribution in [2.75, 3.05) is 6.54 Å².